The minimum absolute atomic E-state index is 0.196. The second kappa shape index (κ2) is 6.50. The van der Waals surface area contributed by atoms with Gasteiger partial charge in [0.2, 0.25) is 0 Å². The summed E-state index contributed by atoms with van der Waals surface area (Å²) in [7, 11) is 0. The molecule has 2 heterocycles. The molecule has 1 aromatic heterocycles. The van der Waals surface area contributed by atoms with Gasteiger partial charge in [-0.25, -0.2) is 9.97 Å². The van der Waals surface area contributed by atoms with Crippen LogP contribution in [0.5, 0.6) is 0 Å². The predicted octanol–water partition coefficient (Wildman–Crippen LogP) is 2.80. The molecule has 3 rings (SSSR count). The van der Waals surface area contributed by atoms with Crippen molar-refractivity contribution in [2.24, 2.45) is 0 Å². The van der Waals surface area contributed by atoms with E-state index in [9.17, 15) is 5.11 Å². The highest BCUT2D eigenvalue weighted by molar-refractivity contribution is 6.35. The minimum atomic E-state index is -0.496. The topological polar surface area (TPSA) is 75.3 Å². The summed E-state index contributed by atoms with van der Waals surface area (Å²) in [5.74, 6) is 0.956. The molecule has 0 aliphatic carbocycles. The number of nitrogens with zero attached hydrogens (tertiary/aromatic N) is 3. The highest BCUT2D eigenvalue weighted by Crippen LogP contribution is 2.35. The summed E-state index contributed by atoms with van der Waals surface area (Å²) < 4.78 is 0. The van der Waals surface area contributed by atoms with Crippen molar-refractivity contribution in [3.8, 4) is 0 Å². The number of hydrogen-bond acceptors (Lipinski definition) is 5. The maximum absolute atomic E-state index is 10.5. The number of anilines is 2. The Morgan fingerprint density at radius 2 is 2.09 bits per heavy atom. The zero-order chi connectivity index (χ0) is 15.5. The number of aliphatic hydroxyl groups excluding tert-OH is 1. The fraction of sp³-hybridized carbons (Fsp3) is 0.375. The van der Waals surface area contributed by atoms with E-state index >= 15 is 0 Å². The molecule has 1 fully saturated rings. The number of halogens is 1. The van der Waals surface area contributed by atoms with Crippen LogP contribution in [0, 0.1) is 0 Å². The molecular formula is C16H19ClN4O. The molecule has 22 heavy (non-hydrogen) atoms. The van der Waals surface area contributed by atoms with Crippen LogP contribution in [0.4, 0.5) is 11.6 Å². The molecule has 0 saturated carbocycles. The molecule has 0 unspecified atom stereocenters. The molecule has 1 aromatic carbocycles. The SMILES string of the molecule is Nc1ncnc(N2CCC[C@H]2C[C@H](O)c2ccccc2)c1Cl. The maximum atomic E-state index is 10.5. The Labute approximate surface area is 134 Å². The van der Waals surface area contributed by atoms with Crippen molar-refractivity contribution in [1.82, 2.24) is 9.97 Å². The molecule has 5 nitrogen and oxygen atoms in total. The largest absolute Gasteiger partial charge is 0.388 e. The zero-order valence-corrected chi connectivity index (χ0v) is 12.9. The van der Waals surface area contributed by atoms with Gasteiger partial charge in [0.15, 0.2) is 5.82 Å². The molecule has 1 saturated heterocycles. The van der Waals surface area contributed by atoms with Crippen molar-refractivity contribution < 1.29 is 5.11 Å². The lowest BCUT2D eigenvalue weighted by Gasteiger charge is -2.28. The third-order valence-corrected chi connectivity index (χ3v) is 4.49. The van der Waals surface area contributed by atoms with E-state index in [0.29, 0.717) is 23.1 Å². The fourth-order valence-corrected chi connectivity index (χ4v) is 3.21. The monoisotopic (exact) mass is 318 g/mol. The molecule has 0 bridgehead atoms. The fourth-order valence-electron chi connectivity index (χ4n) is 3.00. The van der Waals surface area contributed by atoms with E-state index < -0.39 is 6.10 Å². The van der Waals surface area contributed by atoms with E-state index in [-0.39, 0.29) is 6.04 Å². The van der Waals surface area contributed by atoms with Crippen molar-refractivity contribution >= 4 is 23.2 Å². The molecule has 1 aliphatic heterocycles. The predicted molar refractivity (Wildman–Crippen MR) is 87.8 cm³/mol. The zero-order valence-electron chi connectivity index (χ0n) is 12.2. The average Bonchev–Trinajstić information content (AvgIpc) is 2.99. The molecule has 2 aromatic rings. The molecule has 0 spiro atoms. The van der Waals surface area contributed by atoms with Crippen LogP contribution in [0.1, 0.15) is 30.9 Å². The Balaban J connectivity index is 1.77. The van der Waals surface area contributed by atoms with Crippen LogP contribution in [0.25, 0.3) is 0 Å². The average molecular weight is 319 g/mol. The van der Waals surface area contributed by atoms with Gasteiger partial charge in [0.05, 0.1) is 6.10 Å². The first-order valence-electron chi connectivity index (χ1n) is 7.42. The summed E-state index contributed by atoms with van der Waals surface area (Å²) in [6, 6.07) is 9.91. The maximum Gasteiger partial charge on any atom is 0.153 e. The molecule has 3 N–H and O–H groups in total. The van der Waals surface area contributed by atoms with Crippen molar-refractivity contribution in [2.75, 3.05) is 17.2 Å². The number of rotatable bonds is 4. The standard InChI is InChI=1S/C16H19ClN4O/c17-14-15(18)19-10-20-16(14)21-8-4-7-12(21)9-13(22)11-5-2-1-3-6-11/h1-3,5-6,10,12-13,22H,4,7-9H2,(H2,18,19,20)/t12-,13-/m0/s1. The van der Waals surface area contributed by atoms with E-state index in [0.717, 1.165) is 24.9 Å². The van der Waals surface area contributed by atoms with Gasteiger partial charge in [-0.3, -0.25) is 0 Å². The summed E-state index contributed by atoms with van der Waals surface area (Å²) in [5.41, 5.74) is 6.70. The van der Waals surface area contributed by atoms with Crippen molar-refractivity contribution in [1.29, 1.82) is 0 Å². The Morgan fingerprint density at radius 1 is 1.32 bits per heavy atom. The highest BCUT2D eigenvalue weighted by Gasteiger charge is 2.30. The van der Waals surface area contributed by atoms with Crippen LogP contribution < -0.4 is 10.6 Å². The molecule has 6 heteroatoms. The van der Waals surface area contributed by atoms with Gasteiger partial charge in [0.1, 0.15) is 17.2 Å². The Hall–Kier alpha value is -1.85. The van der Waals surface area contributed by atoms with Gasteiger partial charge >= 0.3 is 0 Å². The first kappa shape index (κ1) is 15.1. The number of nitrogen functional groups attached to an aromatic ring is 1. The second-order valence-corrected chi connectivity index (χ2v) is 5.93. The summed E-state index contributed by atoms with van der Waals surface area (Å²) in [6.07, 6.45) is 3.63. The molecule has 0 radical (unpaired) electrons. The summed E-state index contributed by atoms with van der Waals surface area (Å²) in [5, 5.41) is 10.8. The second-order valence-electron chi connectivity index (χ2n) is 5.55. The van der Waals surface area contributed by atoms with E-state index in [1.165, 1.54) is 6.33 Å². The minimum Gasteiger partial charge on any atom is -0.388 e. The molecule has 0 amide bonds. The van der Waals surface area contributed by atoms with Gasteiger partial charge < -0.3 is 15.7 Å². The summed E-state index contributed by atoms with van der Waals surface area (Å²) >= 11 is 6.24. The van der Waals surface area contributed by atoms with Gasteiger partial charge in [0.25, 0.3) is 0 Å². The number of aliphatic hydroxyl groups is 1. The number of hydrogen-bond donors (Lipinski definition) is 2. The van der Waals surface area contributed by atoms with Crippen LogP contribution in [-0.2, 0) is 0 Å². The van der Waals surface area contributed by atoms with E-state index in [1.807, 2.05) is 30.3 Å². The lowest BCUT2D eigenvalue weighted by molar-refractivity contribution is 0.158. The van der Waals surface area contributed by atoms with Gasteiger partial charge in [0, 0.05) is 12.6 Å². The lowest BCUT2D eigenvalue weighted by atomic mass is 10.0. The summed E-state index contributed by atoms with van der Waals surface area (Å²) in [6.45, 7) is 0.863. The van der Waals surface area contributed by atoms with Gasteiger partial charge in [-0.2, -0.15) is 0 Å². The van der Waals surface area contributed by atoms with Crippen LogP contribution in [0.15, 0.2) is 36.7 Å². The van der Waals surface area contributed by atoms with Gasteiger partial charge in [-0.15, -0.1) is 0 Å². The smallest absolute Gasteiger partial charge is 0.153 e. The van der Waals surface area contributed by atoms with Crippen molar-refractivity contribution in [2.45, 2.75) is 31.4 Å². The Kier molecular flexibility index (Phi) is 4.45. The van der Waals surface area contributed by atoms with E-state index in [4.69, 9.17) is 17.3 Å². The van der Waals surface area contributed by atoms with Gasteiger partial charge in [-0.1, -0.05) is 41.9 Å². The lowest BCUT2D eigenvalue weighted by Crippen LogP contribution is -2.32. The first-order valence-corrected chi connectivity index (χ1v) is 7.80. The highest BCUT2D eigenvalue weighted by atomic mass is 35.5. The van der Waals surface area contributed by atoms with Crippen LogP contribution >= 0.6 is 11.6 Å². The quantitative estimate of drug-likeness (QED) is 0.906. The van der Waals surface area contributed by atoms with Crippen molar-refractivity contribution in [3.63, 3.8) is 0 Å². The Bertz CT molecular complexity index is 637. The number of nitrogens with two attached hydrogens (primary N) is 1. The number of benzene rings is 1. The first-order chi connectivity index (χ1) is 10.7. The Morgan fingerprint density at radius 3 is 2.86 bits per heavy atom. The normalized spacial score (nSPS) is 19.4. The molecule has 1 aliphatic rings. The summed E-state index contributed by atoms with van der Waals surface area (Å²) in [4.78, 5) is 10.3. The van der Waals surface area contributed by atoms with E-state index in [2.05, 4.69) is 14.9 Å². The van der Waals surface area contributed by atoms with Crippen LogP contribution in [-0.4, -0.2) is 27.7 Å². The molecule has 116 valence electrons. The van der Waals surface area contributed by atoms with Gasteiger partial charge in [-0.05, 0) is 24.8 Å². The third kappa shape index (κ3) is 3.00. The molecular weight excluding hydrogens is 300 g/mol. The van der Waals surface area contributed by atoms with Crippen LogP contribution in [0.2, 0.25) is 5.02 Å². The molecule has 2 atom stereocenters. The number of aromatic nitrogens is 2. The third-order valence-electron chi connectivity index (χ3n) is 4.13. The van der Waals surface area contributed by atoms with E-state index in [1.54, 1.807) is 0 Å². The van der Waals surface area contributed by atoms with Crippen molar-refractivity contribution in [3.05, 3.63) is 47.2 Å². The van der Waals surface area contributed by atoms with Crippen LogP contribution in [0.3, 0.4) is 0 Å².